The van der Waals surface area contributed by atoms with Crippen LogP contribution in [0.2, 0.25) is 0 Å². The number of aromatic nitrogens is 2. The molecule has 0 bridgehead atoms. The molecule has 1 atom stereocenters. The molecule has 3 rings (SSSR count). The minimum Gasteiger partial charge on any atom is -0.497 e. The number of nitrogens with zero attached hydrogens (tertiary/aromatic N) is 2. The van der Waals surface area contributed by atoms with Gasteiger partial charge in [-0.1, -0.05) is 18.2 Å². The van der Waals surface area contributed by atoms with Crippen molar-refractivity contribution < 1.29 is 23.4 Å². The summed E-state index contributed by atoms with van der Waals surface area (Å²) in [7, 11) is 3.12. The van der Waals surface area contributed by atoms with Gasteiger partial charge in [0.2, 0.25) is 5.89 Å². The van der Waals surface area contributed by atoms with Crippen molar-refractivity contribution in [3.63, 3.8) is 0 Å². The quantitative estimate of drug-likeness (QED) is 0.451. The summed E-state index contributed by atoms with van der Waals surface area (Å²) in [5, 5.41) is 7.95. The maximum atomic E-state index is 12.1. The summed E-state index contributed by atoms with van der Waals surface area (Å²) in [6.07, 6.45) is 2.24. The highest BCUT2D eigenvalue weighted by Crippen LogP contribution is 2.26. The van der Waals surface area contributed by atoms with E-state index in [9.17, 15) is 4.79 Å². The van der Waals surface area contributed by atoms with Gasteiger partial charge in [-0.15, -0.1) is 10.2 Å². The smallest absolute Gasteiger partial charge is 0.331 e. The lowest BCUT2D eigenvalue weighted by Crippen LogP contribution is -2.06. The number of carbonyl (C=O) groups is 1. The molecule has 0 spiro atoms. The maximum Gasteiger partial charge on any atom is 0.331 e. The molecule has 28 heavy (non-hydrogen) atoms. The number of hydrogen-bond donors (Lipinski definition) is 0. The molecule has 0 amide bonds. The number of carbonyl (C=O) groups excluding carboxylic acids is 1. The molecule has 2 aromatic carbocycles. The summed E-state index contributed by atoms with van der Waals surface area (Å²) in [6, 6.07) is 14.7. The van der Waals surface area contributed by atoms with Crippen molar-refractivity contribution >= 4 is 12.0 Å². The molecule has 0 fully saturated rings. The van der Waals surface area contributed by atoms with Crippen molar-refractivity contribution in [3.8, 4) is 23.0 Å². The van der Waals surface area contributed by atoms with E-state index < -0.39 is 12.1 Å². The first-order valence-electron chi connectivity index (χ1n) is 8.60. The Morgan fingerprint density at radius 3 is 2.57 bits per heavy atom. The van der Waals surface area contributed by atoms with Gasteiger partial charge in [0.25, 0.3) is 5.89 Å². The lowest BCUT2D eigenvalue weighted by molar-refractivity contribution is -0.143. The summed E-state index contributed by atoms with van der Waals surface area (Å²) in [5.41, 5.74) is 1.52. The number of methoxy groups -OCH3 is 2. The molecule has 0 unspecified atom stereocenters. The van der Waals surface area contributed by atoms with Crippen molar-refractivity contribution in [2.24, 2.45) is 0 Å². The van der Waals surface area contributed by atoms with E-state index in [0.29, 0.717) is 17.4 Å². The second kappa shape index (κ2) is 8.85. The van der Waals surface area contributed by atoms with Gasteiger partial charge in [-0.05, 0) is 37.3 Å². The molecule has 0 radical (unpaired) electrons. The first kappa shape index (κ1) is 19.2. The van der Waals surface area contributed by atoms with Gasteiger partial charge in [0, 0.05) is 23.3 Å². The second-order valence-corrected chi connectivity index (χ2v) is 5.83. The Kier molecular flexibility index (Phi) is 6.06. The molecular formula is C21H20N2O5. The Bertz CT molecular complexity index is 966. The van der Waals surface area contributed by atoms with E-state index in [1.807, 2.05) is 30.3 Å². The third kappa shape index (κ3) is 4.56. The van der Waals surface area contributed by atoms with E-state index in [-0.39, 0.29) is 5.89 Å². The Balaban J connectivity index is 1.65. The monoisotopic (exact) mass is 380 g/mol. The van der Waals surface area contributed by atoms with Crippen LogP contribution in [-0.2, 0) is 9.53 Å². The average molecular weight is 380 g/mol. The zero-order valence-corrected chi connectivity index (χ0v) is 15.8. The first-order valence-corrected chi connectivity index (χ1v) is 8.60. The number of rotatable bonds is 7. The van der Waals surface area contributed by atoms with Crippen molar-refractivity contribution in [1.82, 2.24) is 10.2 Å². The summed E-state index contributed by atoms with van der Waals surface area (Å²) >= 11 is 0. The zero-order chi connectivity index (χ0) is 19.9. The van der Waals surface area contributed by atoms with Crippen LogP contribution in [-0.4, -0.2) is 30.4 Å². The van der Waals surface area contributed by atoms with Gasteiger partial charge in [-0.25, -0.2) is 4.79 Å². The predicted octanol–water partition coefficient (Wildman–Crippen LogP) is 4.07. The van der Waals surface area contributed by atoms with Crippen LogP contribution < -0.4 is 9.47 Å². The lowest BCUT2D eigenvalue weighted by Gasteiger charge is -2.08. The van der Waals surface area contributed by atoms with E-state index in [0.717, 1.165) is 11.1 Å². The van der Waals surface area contributed by atoms with Crippen molar-refractivity contribution in [1.29, 1.82) is 0 Å². The average Bonchev–Trinajstić information content (AvgIpc) is 3.23. The van der Waals surface area contributed by atoms with Gasteiger partial charge in [0.15, 0.2) is 6.10 Å². The van der Waals surface area contributed by atoms with Gasteiger partial charge >= 0.3 is 5.97 Å². The minimum atomic E-state index is -0.681. The fourth-order valence-corrected chi connectivity index (χ4v) is 2.47. The van der Waals surface area contributed by atoms with Gasteiger partial charge in [-0.2, -0.15) is 0 Å². The van der Waals surface area contributed by atoms with Crippen LogP contribution in [0, 0.1) is 0 Å². The van der Waals surface area contributed by atoms with Crippen LogP contribution in [0.25, 0.3) is 17.5 Å². The van der Waals surface area contributed by atoms with E-state index in [4.69, 9.17) is 18.6 Å². The molecule has 0 N–H and O–H groups in total. The highest BCUT2D eigenvalue weighted by Gasteiger charge is 2.18. The number of benzene rings is 2. The standard InChI is InChI=1S/C21H20N2O5/c1-14(20-22-23-21(28-20)16-7-5-4-6-8-16)27-19(24)12-10-15-9-11-17(25-2)13-18(15)26-3/h4-14H,1-3H3/b12-10+/t14-/m0/s1. The zero-order valence-electron chi connectivity index (χ0n) is 15.8. The van der Waals surface area contributed by atoms with Crippen LogP contribution in [0.5, 0.6) is 11.5 Å². The number of ether oxygens (including phenoxy) is 3. The molecule has 1 aromatic heterocycles. The molecule has 0 aliphatic carbocycles. The van der Waals surface area contributed by atoms with Crippen molar-refractivity contribution in [3.05, 3.63) is 66.1 Å². The molecule has 7 nitrogen and oxygen atoms in total. The minimum absolute atomic E-state index is 0.225. The van der Waals surface area contributed by atoms with Crippen LogP contribution in [0.4, 0.5) is 0 Å². The largest absolute Gasteiger partial charge is 0.497 e. The molecule has 7 heteroatoms. The highest BCUT2D eigenvalue weighted by molar-refractivity contribution is 5.87. The molecule has 0 aliphatic heterocycles. The van der Waals surface area contributed by atoms with Crippen LogP contribution in [0.15, 0.2) is 59.0 Å². The Hall–Kier alpha value is -3.61. The summed E-state index contributed by atoms with van der Waals surface area (Å²) in [4.78, 5) is 12.1. The topological polar surface area (TPSA) is 83.7 Å². The van der Waals surface area contributed by atoms with Gasteiger partial charge in [0.1, 0.15) is 11.5 Å². The Labute approximate surface area is 162 Å². The van der Waals surface area contributed by atoms with E-state index in [1.165, 1.54) is 6.08 Å². The lowest BCUT2D eigenvalue weighted by atomic mass is 10.1. The molecular weight excluding hydrogens is 360 g/mol. The van der Waals surface area contributed by atoms with Crippen molar-refractivity contribution in [2.75, 3.05) is 14.2 Å². The Morgan fingerprint density at radius 2 is 1.86 bits per heavy atom. The molecule has 3 aromatic rings. The molecule has 144 valence electrons. The maximum absolute atomic E-state index is 12.1. The highest BCUT2D eigenvalue weighted by atomic mass is 16.6. The Morgan fingerprint density at radius 1 is 1.07 bits per heavy atom. The third-order valence-electron chi connectivity index (χ3n) is 3.94. The van der Waals surface area contributed by atoms with Gasteiger partial charge in [-0.3, -0.25) is 0 Å². The summed E-state index contributed by atoms with van der Waals surface area (Å²) in [6.45, 7) is 1.67. The normalized spacial score (nSPS) is 12.0. The second-order valence-electron chi connectivity index (χ2n) is 5.83. The fraction of sp³-hybridized carbons (Fsp3) is 0.190. The van der Waals surface area contributed by atoms with E-state index in [1.54, 1.807) is 45.4 Å². The van der Waals surface area contributed by atoms with E-state index in [2.05, 4.69) is 10.2 Å². The van der Waals surface area contributed by atoms with Crippen molar-refractivity contribution in [2.45, 2.75) is 13.0 Å². The third-order valence-corrected chi connectivity index (χ3v) is 3.94. The SMILES string of the molecule is COc1ccc(/C=C/C(=O)O[C@@H](C)c2nnc(-c3ccccc3)o2)c(OC)c1. The summed E-state index contributed by atoms with van der Waals surface area (Å²) in [5.74, 6) is 1.31. The van der Waals surface area contributed by atoms with Crippen LogP contribution in [0.3, 0.4) is 0 Å². The number of hydrogen-bond acceptors (Lipinski definition) is 7. The van der Waals surface area contributed by atoms with Crippen LogP contribution in [0.1, 0.15) is 24.5 Å². The summed E-state index contributed by atoms with van der Waals surface area (Å²) < 4.78 is 21.4. The molecule has 0 saturated carbocycles. The van der Waals surface area contributed by atoms with E-state index >= 15 is 0 Å². The predicted molar refractivity (Wildman–Crippen MR) is 103 cm³/mol. The first-order chi connectivity index (χ1) is 13.6. The van der Waals surface area contributed by atoms with Gasteiger partial charge in [0.05, 0.1) is 14.2 Å². The fourth-order valence-electron chi connectivity index (χ4n) is 2.47. The van der Waals surface area contributed by atoms with Crippen LogP contribution >= 0.6 is 0 Å². The molecule has 0 saturated heterocycles. The molecule has 1 heterocycles. The number of esters is 1. The van der Waals surface area contributed by atoms with Gasteiger partial charge < -0.3 is 18.6 Å². The molecule has 0 aliphatic rings.